The highest BCUT2D eigenvalue weighted by Gasteiger charge is 2.36. The fourth-order valence-electron chi connectivity index (χ4n) is 3.20. The van der Waals surface area contributed by atoms with E-state index < -0.39 is 0 Å². The Labute approximate surface area is 101 Å². The molecule has 0 amide bonds. The number of nitrogens with two attached hydrogens (primary N) is 1. The number of aryl methyl sites for hydroxylation is 1. The van der Waals surface area contributed by atoms with Gasteiger partial charge in [0, 0.05) is 29.3 Å². The number of hydrogen-bond donors (Lipinski definition) is 1. The lowest BCUT2D eigenvalue weighted by Crippen LogP contribution is -2.43. The minimum Gasteiger partial charge on any atom is -0.364 e. The van der Waals surface area contributed by atoms with E-state index in [4.69, 9.17) is 17.3 Å². The third-order valence-electron chi connectivity index (χ3n) is 3.96. The van der Waals surface area contributed by atoms with Crippen LogP contribution in [0.2, 0.25) is 5.02 Å². The highest BCUT2D eigenvalue weighted by atomic mass is 35.5. The van der Waals surface area contributed by atoms with E-state index >= 15 is 0 Å². The second kappa shape index (κ2) is 3.94. The van der Waals surface area contributed by atoms with Crippen LogP contribution in [0.5, 0.6) is 0 Å². The molecule has 2 nitrogen and oxygen atoms in total. The molecule has 86 valence electrons. The third kappa shape index (κ3) is 1.52. The molecule has 0 aromatic heterocycles. The van der Waals surface area contributed by atoms with Gasteiger partial charge in [-0.3, -0.25) is 0 Å². The van der Waals surface area contributed by atoms with E-state index in [1.807, 2.05) is 6.07 Å². The number of rotatable bonds is 1. The molecular formula is C13H17ClN2. The molecule has 1 fully saturated rings. The van der Waals surface area contributed by atoms with Crippen LogP contribution in [-0.2, 0) is 6.42 Å². The number of fused-ring (bicyclic) bond motifs is 3. The first-order valence-corrected chi connectivity index (χ1v) is 6.44. The Morgan fingerprint density at radius 1 is 1.31 bits per heavy atom. The molecule has 2 atom stereocenters. The van der Waals surface area contributed by atoms with E-state index in [-0.39, 0.29) is 0 Å². The van der Waals surface area contributed by atoms with Gasteiger partial charge < -0.3 is 10.6 Å². The smallest absolute Gasteiger partial charge is 0.0416 e. The van der Waals surface area contributed by atoms with Crippen molar-refractivity contribution in [3.63, 3.8) is 0 Å². The quantitative estimate of drug-likeness (QED) is 0.812. The summed E-state index contributed by atoms with van der Waals surface area (Å²) >= 11 is 6.05. The van der Waals surface area contributed by atoms with Crippen molar-refractivity contribution < 1.29 is 0 Å². The topological polar surface area (TPSA) is 29.3 Å². The lowest BCUT2D eigenvalue weighted by atomic mass is 9.96. The fraction of sp³-hybridized carbons (Fsp3) is 0.538. The van der Waals surface area contributed by atoms with E-state index in [1.54, 1.807) is 0 Å². The van der Waals surface area contributed by atoms with Gasteiger partial charge in [0.15, 0.2) is 0 Å². The minimum absolute atomic E-state index is 0.533. The molecule has 0 aliphatic carbocycles. The van der Waals surface area contributed by atoms with E-state index in [0.29, 0.717) is 12.1 Å². The molecule has 0 spiro atoms. The van der Waals surface area contributed by atoms with Crippen LogP contribution in [0.4, 0.5) is 5.69 Å². The molecule has 1 saturated heterocycles. The molecule has 3 rings (SSSR count). The molecule has 2 heterocycles. The normalized spacial score (nSPS) is 27.8. The van der Waals surface area contributed by atoms with E-state index in [2.05, 4.69) is 17.0 Å². The standard InChI is InChI=1S/C13H17ClN2/c14-10-2-6-13-9(7-10)1-3-11-4-5-12(8-15)16(11)13/h2,6-7,11-12H,1,3-5,8,15H2. The predicted octanol–water partition coefficient (Wildman–Crippen LogP) is 2.58. The summed E-state index contributed by atoms with van der Waals surface area (Å²) in [5.41, 5.74) is 8.62. The van der Waals surface area contributed by atoms with Crippen LogP contribution in [0.15, 0.2) is 18.2 Å². The van der Waals surface area contributed by atoms with Crippen molar-refractivity contribution in [3.05, 3.63) is 28.8 Å². The number of nitrogens with zero attached hydrogens (tertiary/aromatic N) is 1. The van der Waals surface area contributed by atoms with E-state index in [1.165, 1.54) is 30.5 Å². The first kappa shape index (κ1) is 10.4. The third-order valence-corrected chi connectivity index (χ3v) is 4.19. The second-order valence-electron chi connectivity index (χ2n) is 4.84. The van der Waals surface area contributed by atoms with Crippen LogP contribution in [-0.4, -0.2) is 18.6 Å². The van der Waals surface area contributed by atoms with Crippen molar-refractivity contribution in [1.82, 2.24) is 0 Å². The number of hydrogen-bond acceptors (Lipinski definition) is 2. The zero-order chi connectivity index (χ0) is 11.1. The van der Waals surface area contributed by atoms with Crippen molar-refractivity contribution in [3.8, 4) is 0 Å². The van der Waals surface area contributed by atoms with Gasteiger partial charge in [-0.2, -0.15) is 0 Å². The predicted molar refractivity (Wildman–Crippen MR) is 68.1 cm³/mol. The largest absolute Gasteiger partial charge is 0.364 e. The van der Waals surface area contributed by atoms with Crippen molar-refractivity contribution in [2.75, 3.05) is 11.4 Å². The van der Waals surface area contributed by atoms with Gasteiger partial charge in [0.1, 0.15) is 0 Å². The first-order valence-electron chi connectivity index (χ1n) is 6.06. The SMILES string of the molecule is NCC1CCC2CCc3cc(Cl)ccc3N12. The maximum atomic E-state index is 6.05. The van der Waals surface area contributed by atoms with Crippen LogP contribution in [0, 0.1) is 0 Å². The number of halogens is 1. The molecule has 0 saturated carbocycles. The molecule has 1 aromatic carbocycles. The van der Waals surface area contributed by atoms with Gasteiger partial charge in [-0.25, -0.2) is 0 Å². The molecular weight excluding hydrogens is 220 g/mol. The average Bonchev–Trinajstić information content (AvgIpc) is 2.71. The van der Waals surface area contributed by atoms with Gasteiger partial charge in [0.05, 0.1) is 0 Å². The van der Waals surface area contributed by atoms with Gasteiger partial charge in [0.2, 0.25) is 0 Å². The van der Waals surface area contributed by atoms with Gasteiger partial charge in [-0.1, -0.05) is 11.6 Å². The average molecular weight is 237 g/mol. The van der Waals surface area contributed by atoms with Crippen LogP contribution in [0.1, 0.15) is 24.8 Å². The van der Waals surface area contributed by atoms with Gasteiger partial charge in [0.25, 0.3) is 0 Å². The Morgan fingerprint density at radius 3 is 3.00 bits per heavy atom. The molecule has 2 aliphatic heterocycles. The summed E-state index contributed by atoms with van der Waals surface area (Å²) in [7, 11) is 0. The maximum absolute atomic E-state index is 6.05. The minimum atomic E-state index is 0.533. The molecule has 2 unspecified atom stereocenters. The van der Waals surface area contributed by atoms with Gasteiger partial charge in [-0.05, 0) is 49.4 Å². The van der Waals surface area contributed by atoms with Gasteiger partial charge in [-0.15, -0.1) is 0 Å². The summed E-state index contributed by atoms with van der Waals surface area (Å²) in [5, 5.41) is 0.848. The Morgan fingerprint density at radius 2 is 2.19 bits per heavy atom. The van der Waals surface area contributed by atoms with Crippen molar-refractivity contribution >= 4 is 17.3 Å². The van der Waals surface area contributed by atoms with Crippen LogP contribution in [0.25, 0.3) is 0 Å². The summed E-state index contributed by atoms with van der Waals surface area (Å²) in [6, 6.07) is 7.51. The van der Waals surface area contributed by atoms with Crippen molar-refractivity contribution in [2.24, 2.45) is 5.73 Å². The Bertz CT molecular complexity index is 405. The second-order valence-corrected chi connectivity index (χ2v) is 5.28. The summed E-state index contributed by atoms with van der Waals surface area (Å²) in [6.45, 7) is 0.762. The Hall–Kier alpha value is -0.730. The monoisotopic (exact) mass is 236 g/mol. The summed E-state index contributed by atoms with van der Waals surface area (Å²) in [5.74, 6) is 0. The molecule has 2 aliphatic rings. The highest BCUT2D eigenvalue weighted by molar-refractivity contribution is 6.30. The lowest BCUT2D eigenvalue weighted by Gasteiger charge is -2.37. The van der Waals surface area contributed by atoms with Crippen molar-refractivity contribution in [1.29, 1.82) is 0 Å². The van der Waals surface area contributed by atoms with Crippen LogP contribution in [0.3, 0.4) is 0 Å². The summed E-state index contributed by atoms with van der Waals surface area (Å²) in [4.78, 5) is 2.54. The lowest BCUT2D eigenvalue weighted by molar-refractivity contribution is 0.563. The van der Waals surface area contributed by atoms with Crippen LogP contribution >= 0.6 is 11.6 Å². The molecule has 2 N–H and O–H groups in total. The molecule has 0 radical (unpaired) electrons. The molecule has 1 aromatic rings. The first-order chi connectivity index (χ1) is 7.79. The summed E-state index contributed by atoms with van der Waals surface area (Å²) < 4.78 is 0. The molecule has 3 heteroatoms. The van der Waals surface area contributed by atoms with Crippen LogP contribution < -0.4 is 10.6 Å². The van der Waals surface area contributed by atoms with Crippen molar-refractivity contribution in [2.45, 2.75) is 37.8 Å². The maximum Gasteiger partial charge on any atom is 0.0416 e. The fourth-order valence-corrected chi connectivity index (χ4v) is 3.39. The summed E-state index contributed by atoms with van der Waals surface area (Å²) in [6.07, 6.45) is 4.95. The number of benzene rings is 1. The number of anilines is 1. The Kier molecular flexibility index (Phi) is 2.56. The molecule has 0 bridgehead atoms. The van der Waals surface area contributed by atoms with E-state index in [0.717, 1.165) is 18.0 Å². The highest BCUT2D eigenvalue weighted by Crippen LogP contribution is 2.39. The Balaban J connectivity index is 2.02. The van der Waals surface area contributed by atoms with Gasteiger partial charge >= 0.3 is 0 Å². The molecule has 16 heavy (non-hydrogen) atoms. The zero-order valence-electron chi connectivity index (χ0n) is 9.32. The zero-order valence-corrected chi connectivity index (χ0v) is 10.1. The van der Waals surface area contributed by atoms with E-state index in [9.17, 15) is 0 Å².